The first-order valence-electron chi connectivity index (χ1n) is 17.6. The number of para-hydroxylation sites is 4. The molecule has 0 aliphatic carbocycles. The molecule has 244 valence electrons. The van der Waals surface area contributed by atoms with Gasteiger partial charge in [-0.15, -0.1) is 0 Å². The van der Waals surface area contributed by atoms with Crippen LogP contribution in [0.15, 0.2) is 196 Å². The third-order valence-corrected chi connectivity index (χ3v) is 11.5. The largest absolute Gasteiger partial charge is 0.454 e. The minimum atomic E-state index is 0.900. The van der Waals surface area contributed by atoms with E-state index >= 15 is 0 Å². The maximum Gasteiger partial charge on any atom is 0.159 e. The van der Waals surface area contributed by atoms with Crippen LogP contribution in [0.3, 0.4) is 0 Å². The molecule has 0 spiro atoms. The summed E-state index contributed by atoms with van der Waals surface area (Å²) in [5, 5.41) is 4.75. The average Bonchev–Trinajstić information content (AvgIpc) is 3.76. The van der Waals surface area contributed by atoms with Gasteiger partial charge in [0.25, 0.3) is 0 Å². The van der Waals surface area contributed by atoms with Gasteiger partial charge in [0, 0.05) is 37.0 Å². The van der Waals surface area contributed by atoms with Gasteiger partial charge >= 0.3 is 0 Å². The maximum absolute atomic E-state index is 6.55. The Morgan fingerprint density at radius 3 is 1.92 bits per heavy atom. The van der Waals surface area contributed by atoms with E-state index in [-0.39, 0.29) is 0 Å². The maximum atomic E-state index is 6.55. The number of benzene rings is 8. The molecule has 0 amide bonds. The van der Waals surface area contributed by atoms with Gasteiger partial charge in [0.05, 0.1) is 28.1 Å². The Hall–Kier alpha value is -6.49. The van der Waals surface area contributed by atoms with Crippen molar-refractivity contribution < 1.29 is 4.42 Å². The fraction of sp³-hybridized carbons (Fsp3) is 0. The molecule has 8 aromatic carbocycles. The predicted molar refractivity (Wildman–Crippen MR) is 218 cm³/mol. The van der Waals surface area contributed by atoms with Crippen LogP contribution in [-0.4, -0.2) is 4.57 Å². The van der Waals surface area contributed by atoms with E-state index in [1.54, 1.807) is 0 Å². The lowest BCUT2D eigenvalue weighted by atomic mass is 10.0. The van der Waals surface area contributed by atoms with Gasteiger partial charge in [0.1, 0.15) is 5.58 Å². The number of hydrogen-bond donors (Lipinski definition) is 0. The van der Waals surface area contributed by atoms with E-state index in [4.69, 9.17) is 4.42 Å². The molecule has 0 saturated carbocycles. The molecule has 0 fully saturated rings. The van der Waals surface area contributed by atoms with Crippen LogP contribution in [0.5, 0.6) is 0 Å². The first-order valence-corrected chi connectivity index (χ1v) is 18.4. The number of aromatic nitrogens is 1. The molecule has 52 heavy (non-hydrogen) atoms. The quantitative estimate of drug-likeness (QED) is 0.184. The van der Waals surface area contributed by atoms with Crippen LogP contribution in [0.25, 0.3) is 71.7 Å². The van der Waals surface area contributed by atoms with Crippen molar-refractivity contribution in [3.8, 4) is 27.9 Å². The van der Waals surface area contributed by atoms with E-state index in [1.165, 1.54) is 53.9 Å². The lowest BCUT2D eigenvalue weighted by Gasteiger charge is -2.33. The minimum Gasteiger partial charge on any atom is -0.454 e. The standard InChI is InChI=1S/C48H30N2OS/c1-2-11-31(12-3-1)32-21-25-35(26-22-32)49-40-16-6-4-13-36(40)39-29-33(23-27-41(39)49)34-24-28-43-47(30-34)52-46-20-9-7-17-42(46)50(43)44-18-10-15-38-37-14-5-8-19-45(37)51-48(38)44/h1-30H. The summed E-state index contributed by atoms with van der Waals surface area (Å²) in [6.45, 7) is 0. The number of fused-ring (bicyclic) bond motifs is 8. The molecule has 3 heterocycles. The molecule has 0 radical (unpaired) electrons. The zero-order chi connectivity index (χ0) is 34.2. The number of rotatable bonds is 4. The molecule has 1 aliphatic heterocycles. The van der Waals surface area contributed by atoms with Crippen molar-refractivity contribution in [3.63, 3.8) is 0 Å². The fourth-order valence-electron chi connectivity index (χ4n) is 7.97. The van der Waals surface area contributed by atoms with E-state index < -0.39 is 0 Å². The number of nitrogens with zero attached hydrogens (tertiary/aromatic N) is 2. The molecule has 2 aromatic heterocycles. The van der Waals surface area contributed by atoms with E-state index in [1.807, 2.05) is 17.8 Å². The van der Waals surface area contributed by atoms with Crippen LogP contribution in [0.2, 0.25) is 0 Å². The van der Waals surface area contributed by atoms with Gasteiger partial charge in [0.2, 0.25) is 0 Å². The fourth-order valence-corrected chi connectivity index (χ4v) is 9.07. The van der Waals surface area contributed by atoms with Gasteiger partial charge in [-0.2, -0.15) is 0 Å². The van der Waals surface area contributed by atoms with Crippen molar-refractivity contribution >= 4 is 72.6 Å². The summed E-state index contributed by atoms with van der Waals surface area (Å²) in [6, 6.07) is 65.5. The Bertz CT molecular complexity index is 2990. The lowest BCUT2D eigenvalue weighted by molar-refractivity contribution is 0.669. The summed E-state index contributed by atoms with van der Waals surface area (Å²) in [6.07, 6.45) is 0. The first-order chi connectivity index (χ1) is 25.8. The summed E-state index contributed by atoms with van der Waals surface area (Å²) in [7, 11) is 0. The van der Waals surface area contributed by atoms with Crippen molar-refractivity contribution in [2.24, 2.45) is 0 Å². The van der Waals surface area contributed by atoms with Crippen molar-refractivity contribution in [3.05, 3.63) is 182 Å². The van der Waals surface area contributed by atoms with Gasteiger partial charge in [-0.05, 0) is 89.0 Å². The summed E-state index contributed by atoms with van der Waals surface area (Å²) in [5.41, 5.74) is 13.5. The Morgan fingerprint density at radius 1 is 0.385 bits per heavy atom. The molecular formula is C48H30N2OS. The third-order valence-electron chi connectivity index (χ3n) is 10.4. The minimum absolute atomic E-state index is 0.900. The van der Waals surface area contributed by atoms with Gasteiger partial charge in [-0.25, -0.2) is 0 Å². The Labute approximate surface area is 305 Å². The van der Waals surface area contributed by atoms with E-state index in [2.05, 4.69) is 185 Å². The van der Waals surface area contributed by atoms with Gasteiger partial charge < -0.3 is 13.9 Å². The average molecular weight is 683 g/mol. The van der Waals surface area contributed by atoms with Crippen molar-refractivity contribution in [1.29, 1.82) is 0 Å². The summed E-state index contributed by atoms with van der Waals surface area (Å²) in [4.78, 5) is 4.80. The normalized spacial score (nSPS) is 12.5. The number of furan rings is 1. The van der Waals surface area contributed by atoms with E-state index in [0.717, 1.165) is 44.7 Å². The summed E-state index contributed by atoms with van der Waals surface area (Å²) >= 11 is 1.83. The molecule has 0 unspecified atom stereocenters. The van der Waals surface area contributed by atoms with Gasteiger partial charge in [-0.1, -0.05) is 127 Å². The van der Waals surface area contributed by atoms with Gasteiger partial charge in [0.15, 0.2) is 5.58 Å². The molecule has 4 heteroatoms. The molecule has 0 N–H and O–H groups in total. The van der Waals surface area contributed by atoms with Crippen molar-refractivity contribution in [2.45, 2.75) is 9.79 Å². The van der Waals surface area contributed by atoms with Crippen LogP contribution in [0.1, 0.15) is 0 Å². The molecule has 10 aromatic rings. The topological polar surface area (TPSA) is 21.3 Å². The lowest BCUT2D eigenvalue weighted by Crippen LogP contribution is -2.15. The highest BCUT2D eigenvalue weighted by molar-refractivity contribution is 7.99. The van der Waals surface area contributed by atoms with Crippen molar-refractivity contribution in [1.82, 2.24) is 4.57 Å². The molecule has 0 saturated heterocycles. The highest BCUT2D eigenvalue weighted by Gasteiger charge is 2.28. The summed E-state index contributed by atoms with van der Waals surface area (Å²) in [5.74, 6) is 0. The zero-order valence-electron chi connectivity index (χ0n) is 28.0. The van der Waals surface area contributed by atoms with Crippen molar-refractivity contribution in [2.75, 3.05) is 4.90 Å². The molecule has 3 nitrogen and oxygen atoms in total. The Balaban J connectivity index is 1.03. The predicted octanol–water partition coefficient (Wildman–Crippen LogP) is 14.0. The Kier molecular flexibility index (Phi) is 6.48. The highest BCUT2D eigenvalue weighted by atomic mass is 32.2. The second-order valence-corrected chi connectivity index (χ2v) is 14.4. The smallest absolute Gasteiger partial charge is 0.159 e. The molecule has 0 bridgehead atoms. The first kappa shape index (κ1) is 29.3. The number of anilines is 3. The van der Waals surface area contributed by atoms with Crippen LogP contribution in [0, 0.1) is 0 Å². The third kappa shape index (κ3) is 4.48. The van der Waals surface area contributed by atoms with Crippen LogP contribution < -0.4 is 4.90 Å². The number of hydrogen-bond acceptors (Lipinski definition) is 3. The van der Waals surface area contributed by atoms with Gasteiger partial charge in [-0.3, -0.25) is 0 Å². The van der Waals surface area contributed by atoms with E-state index in [0.29, 0.717) is 0 Å². The van der Waals surface area contributed by atoms with E-state index in [9.17, 15) is 0 Å². The molecule has 1 aliphatic rings. The van der Waals surface area contributed by atoms with Crippen LogP contribution in [0.4, 0.5) is 17.1 Å². The molecular weight excluding hydrogens is 653 g/mol. The summed E-state index contributed by atoms with van der Waals surface area (Å²) < 4.78 is 8.93. The second-order valence-electron chi connectivity index (χ2n) is 13.3. The SMILES string of the molecule is c1ccc(-c2ccc(-n3c4ccccc4c4cc(-c5ccc6c(c5)Sc5ccccc5N6c5cccc6c5oc5ccccc56)ccc43)cc2)cc1. The highest BCUT2D eigenvalue weighted by Crippen LogP contribution is 2.54. The molecule has 0 atom stereocenters. The second kappa shape index (κ2) is 11.5. The van der Waals surface area contributed by atoms with Crippen LogP contribution >= 0.6 is 11.8 Å². The monoisotopic (exact) mass is 682 g/mol. The Morgan fingerprint density at radius 2 is 1.02 bits per heavy atom. The zero-order valence-corrected chi connectivity index (χ0v) is 28.8. The molecule has 11 rings (SSSR count). The van der Waals surface area contributed by atoms with Crippen LogP contribution in [-0.2, 0) is 0 Å².